The second kappa shape index (κ2) is 9.69. The van der Waals surface area contributed by atoms with Gasteiger partial charge in [-0.25, -0.2) is 4.98 Å². The highest BCUT2D eigenvalue weighted by molar-refractivity contribution is 7.85. The number of nitrogens with one attached hydrogen (secondary N) is 1. The first kappa shape index (κ1) is 21.7. The maximum Gasteiger partial charge on any atom is 0.209 e. The topological polar surface area (TPSA) is 94.3 Å². The number of benzene rings is 2. The molecule has 0 bridgehead atoms. The molecule has 6 nitrogen and oxygen atoms in total. The lowest BCUT2D eigenvalue weighted by atomic mass is 10.1. The molecule has 152 valence electrons. The molecule has 0 spiro atoms. The summed E-state index contributed by atoms with van der Waals surface area (Å²) in [6, 6.07) is 12.0. The summed E-state index contributed by atoms with van der Waals surface area (Å²) in [5, 5.41) is 4.01. The van der Waals surface area contributed by atoms with Crippen LogP contribution in [0.3, 0.4) is 0 Å². The number of carbonyl (C=O) groups is 1. The Morgan fingerprint density at radius 1 is 1.24 bits per heavy atom. The van der Waals surface area contributed by atoms with Gasteiger partial charge in [0.15, 0.2) is 5.13 Å². The molecule has 29 heavy (non-hydrogen) atoms. The zero-order chi connectivity index (χ0) is 21.0. The number of hydrogen-bond donors (Lipinski definition) is 2. The van der Waals surface area contributed by atoms with Crippen molar-refractivity contribution >= 4 is 67.8 Å². The van der Waals surface area contributed by atoms with Gasteiger partial charge in [0.2, 0.25) is 5.78 Å². The number of halogens is 2. The van der Waals surface area contributed by atoms with Crippen LogP contribution in [-0.2, 0) is 15.5 Å². The third-order valence-electron chi connectivity index (χ3n) is 3.87. The van der Waals surface area contributed by atoms with Crippen LogP contribution >= 0.6 is 34.5 Å². The van der Waals surface area contributed by atoms with Crippen LogP contribution in [0.4, 0.5) is 16.6 Å². The van der Waals surface area contributed by atoms with Gasteiger partial charge in [0.1, 0.15) is 10.7 Å². The Labute approximate surface area is 184 Å². The van der Waals surface area contributed by atoms with Gasteiger partial charge in [-0.1, -0.05) is 46.7 Å². The van der Waals surface area contributed by atoms with E-state index in [0.29, 0.717) is 28.1 Å². The second-order valence-electron chi connectivity index (χ2n) is 5.85. The normalized spacial score (nSPS) is 12.0. The fraction of sp³-hybridized carbons (Fsp3) is 0.158. The number of nitrogens with two attached hydrogens (primary N) is 1. The summed E-state index contributed by atoms with van der Waals surface area (Å²) in [6.45, 7) is 0.406. The quantitative estimate of drug-likeness (QED) is 0.461. The maximum atomic E-state index is 12.9. The average molecular weight is 470 g/mol. The van der Waals surface area contributed by atoms with Crippen molar-refractivity contribution in [2.24, 2.45) is 0 Å². The van der Waals surface area contributed by atoms with E-state index in [4.69, 9.17) is 33.7 Å². The van der Waals surface area contributed by atoms with Gasteiger partial charge < -0.3 is 15.8 Å². The largest absolute Gasteiger partial charge is 0.384 e. The molecule has 3 aromatic rings. The van der Waals surface area contributed by atoms with Crippen LogP contribution in [0, 0.1) is 0 Å². The van der Waals surface area contributed by atoms with E-state index in [-0.39, 0.29) is 26.3 Å². The van der Waals surface area contributed by atoms with E-state index in [1.807, 2.05) is 0 Å². The molecule has 0 aliphatic carbocycles. The minimum atomic E-state index is -1.18. The van der Waals surface area contributed by atoms with Gasteiger partial charge in [0, 0.05) is 17.7 Å². The molecule has 10 heteroatoms. The van der Waals surface area contributed by atoms with E-state index in [9.17, 15) is 9.00 Å². The predicted octanol–water partition coefficient (Wildman–Crippen LogP) is 4.76. The number of anilines is 3. The molecule has 2 aromatic carbocycles. The first-order chi connectivity index (χ1) is 13.9. The molecule has 0 aliphatic heterocycles. The Morgan fingerprint density at radius 3 is 2.62 bits per heavy atom. The molecule has 1 aromatic heterocycles. The maximum absolute atomic E-state index is 12.9. The van der Waals surface area contributed by atoms with Crippen LogP contribution in [0.15, 0.2) is 47.4 Å². The minimum absolute atomic E-state index is 0.0818. The number of rotatable bonds is 8. The number of ketones is 1. The lowest BCUT2D eigenvalue weighted by Crippen LogP contribution is -2.04. The van der Waals surface area contributed by atoms with Gasteiger partial charge in [0.05, 0.1) is 38.8 Å². The van der Waals surface area contributed by atoms with E-state index < -0.39 is 16.6 Å². The van der Waals surface area contributed by atoms with Crippen molar-refractivity contribution in [1.82, 2.24) is 4.98 Å². The van der Waals surface area contributed by atoms with Gasteiger partial charge in [-0.15, -0.1) is 0 Å². The fourth-order valence-electron chi connectivity index (χ4n) is 2.49. The van der Waals surface area contributed by atoms with Crippen LogP contribution in [0.5, 0.6) is 0 Å². The van der Waals surface area contributed by atoms with Gasteiger partial charge >= 0.3 is 0 Å². The van der Waals surface area contributed by atoms with Gasteiger partial charge in [0.25, 0.3) is 0 Å². The average Bonchev–Trinajstić information content (AvgIpc) is 3.06. The van der Waals surface area contributed by atoms with Crippen molar-refractivity contribution < 1.29 is 13.7 Å². The molecule has 0 saturated heterocycles. The molecule has 1 atom stereocenters. The molecular weight excluding hydrogens is 453 g/mol. The van der Waals surface area contributed by atoms with Crippen LogP contribution in [0.1, 0.15) is 15.2 Å². The zero-order valence-corrected chi connectivity index (χ0v) is 18.4. The Hall–Kier alpha value is -1.97. The van der Waals surface area contributed by atoms with Crippen molar-refractivity contribution in [3.8, 4) is 0 Å². The first-order valence-corrected chi connectivity index (χ1v) is 11.3. The summed E-state index contributed by atoms with van der Waals surface area (Å²) in [5.41, 5.74) is 6.82. The molecule has 1 heterocycles. The lowest BCUT2D eigenvalue weighted by Gasteiger charge is -2.06. The summed E-state index contributed by atoms with van der Waals surface area (Å²) in [6.07, 6.45) is 0. The Bertz CT molecular complexity index is 1050. The highest BCUT2D eigenvalue weighted by atomic mass is 35.5. The molecule has 0 saturated carbocycles. The van der Waals surface area contributed by atoms with Crippen molar-refractivity contribution in [3.63, 3.8) is 0 Å². The second-order valence-corrected chi connectivity index (χ2v) is 9.24. The van der Waals surface area contributed by atoms with Gasteiger partial charge in [-0.05, 0) is 30.3 Å². The first-order valence-electron chi connectivity index (χ1n) is 8.40. The standard InChI is InChI=1S/C19H17Cl2N3O3S2/c1-27-8-9-29(26)12-5-2-4-11(10-12)23-19-24-18(22)17(28-19)16(25)15-13(20)6-3-7-14(15)21/h2-7,10H,8-9,22H2,1H3,(H,23,24). The molecule has 0 aliphatic rings. The minimum Gasteiger partial charge on any atom is -0.384 e. The van der Waals surface area contributed by atoms with Crippen LogP contribution in [-0.4, -0.2) is 34.4 Å². The molecule has 1 unspecified atom stereocenters. The molecule has 0 radical (unpaired) electrons. The number of ether oxygens (including phenoxy) is 1. The third kappa shape index (κ3) is 5.15. The van der Waals surface area contributed by atoms with Gasteiger partial charge in [-0.3, -0.25) is 9.00 Å². The number of hydrogen-bond acceptors (Lipinski definition) is 7. The summed E-state index contributed by atoms with van der Waals surface area (Å²) >= 11 is 13.4. The SMILES string of the molecule is COCCS(=O)c1cccc(Nc2nc(N)c(C(=O)c3c(Cl)cccc3Cl)s2)c1. The Morgan fingerprint density at radius 2 is 1.93 bits per heavy atom. The lowest BCUT2D eigenvalue weighted by molar-refractivity contribution is 0.104. The van der Waals surface area contributed by atoms with Gasteiger partial charge in [-0.2, -0.15) is 0 Å². The zero-order valence-electron chi connectivity index (χ0n) is 15.3. The third-order valence-corrected chi connectivity index (χ3v) is 6.80. The monoisotopic (exact) mass is 469 g/mol. The van der Waals surface area contributed by atoms with Crippen LogP contribution < -0.4 is 11.1 Å². The van der Waals surface area contributed by atoms with Crippen molar-refractivity contribution in [2.75, 3.05) is 30.5 Å². The molecular formula is C19H17Cl2N3O3S2. The fourth-order valence-corrected chi connectivity index (χ4v) is 4.95. The summed E-state index contributed by atoms with van der Waals surface area (Å²) in [4.78, 5) is 18.0. The smallest absolute Gasteiger partial charge is 0.209 e. The summed E-state index contributed by atoms with van der Waals surface area (Å²) in [5.74, 6) is 0.0953. The van der Waals surface area contributed by atoms with E-state index in [0.717, 1.165) is 11.3 Å². The van der Waals surface area contributed by atoms with Crippen LogP contribution in [0.2, 0.25) is 10.0 Å². The molecule has 0 amide bonds. The van der Waals surface area contributed by atoms with Crippen molar-refractivity contribution in [2.45, 2.75) is 4.90 Å². The number of carbonyl (C=O) groups excluding carboxylic acids is 1. The number of methoxy groups -OCH3 is 1. The highest BCUT2D eigenvalue weighted by Gasteiger charge is 2.22. The molecule has 3 N–H and O–H groups in total. The Kier molecular flexibility index (Phi) is 7.26. The highest BCUT2D eigenvalue weighted by Crippen LogP contribution is 2.34. The number of aromatic nitrogens is 1. The summed E-state index contributed by atoms with van der Waals surface area (Å²) in [7, 11) is 0.388. The summed E-state index contributed by atoms with van der Waals surface area (Å²) < 4.78 is 17.2. The molecule has 0 fully saturated rings. The van der Waals surface area contributed by atoms with E-state index in [1.54, 1.807) is 49.6 Å². The number of nitrogens with zero attached hydrogens (tertiary/aromatic N) is 1. The number of nitrogen functional groups attached to an aromatic ring is 1. The van der Waals surface area contributed by atoms with Crippen LogP contribution in [0.25, 0.3) is 0 Å². The Balaban J connectivity index is 1.83. The van der Waals surface area contributed by atoms with E-state index >= 15 is 0 Å². The van der Waals surface area contributed by atoms with E-state index in [1.165, 1.54) is 0 Å². The van der Waals surface area contributed by atoms with Crippen molar-refractivity contribution in [1.29, 1.82) is 0 Å². The number of thiazole rings is 1. The molecule has 3 rings (SSSR count). The van der Waals surface area contributed by atoms with Crippen molar-refractivity contribution in [3.05, 3.63) is 63.0 Å². The van der Waals surface area contributed by atoms with E-state index in [2.05, 4.69) is 10.3 Å². The predicted molar refractivity (Wildman–Crippen MR) is 119 cm³/mol.